The van der Waals surface area contributed by atoms with E-state index in [0.717, 1.165) is 6.07 Å². The average molecular weight is 597 g/mol. The topological polar surface area (TPSA) is 80.5 Å². The fraction of sp³-hybridized carbons (Fsp3) is 0.167. The van der Waals surface area contributed by atoms with Gasteiger partial charge in [0, 0.05) is 16.7 Å². The third-order valence-corrected chi connectivity index (χ3v) is 6.76. The number of rotatable bonds is 8. The summed E-state index contributed by atoms with van der Waals surface area (Å²) >= 11 is 6.97. The van der Waals surface area contributed by atoms with Gasteiger partial charge >= 0.3 is 6.18 Å². The van der Waals surface area contributed by atoms with Gasteiger partial charge in [-0.25, -0.2) is 9.97 Å². The maximum atomic E-state index is 14.1. The molecule has 5 aromatic rings. The fourth-order valence-electron chi connectivity index (χ4n) is 4.38. The number of benzene rings is 3. The summed E-state index contributed by atoms with van der Waals surface area (Å²) in [5.74, 6) is 1.38. The standard InChI is InChI=1S/C30H24ClF3N4O4/c1-39-21-12-10-18(14-23(21)41-3)27-26(31)28(19-11-13-22(40-2)24(15-19)42-4)38(37-27)29-35-20(17-8-6-5-7-9-17)16-25(36-29)30(32,33)34/h5-16H,1-4H3. The van der Waals surface area contributed by atoms with Crippen molar-refractivity contribution in [2.24, 2.45) is 0 Å². The summed E-state index contributed by atoms with van der Waals surface area (Å²) in [7, 11) is 5.95. The van der Waals surface area contributed by atoms with E-state index in [1.54, 1.807) is 66.7 Å². The van der Waals surface area contributed by atoms with Crippen molar-refractivity contribution in [1.82, 2.24) is 19.7 Å². The zero-order valence-electron chi connectivity index (χ0n) is 22.9. The fourth-order valence-corrected chi connectivity index (χ4v) is 4.71. The molecular weight excluding hydrogens is 573 g/mol. The molecule has 2 aromatic heterocycles. The van der Waals surface area contributed by atoms with Crippen LogP contribution in [0.1, 0.15) is 5.69 Å². The first-order chi connectivity index (χ1) is 20.2. The molecule has 0 saturated heterocycles. The van der Waals surface area contributed by atoms with E-state index in [1.807, 2.05) is 0 Å². The Hall–Kier alpha value is -4.77. The molecule has 0 saturated carbocycles. The molecule has 0 aliphatic carbocycles. The number of nitrogens with zero attached hydrogens (tertiary/aromatic N) is 4. The zero-order chi connectivity index (χ0) is 30.0. The molecule has 0 spiro atoms. The van der Waals surface area contributed by atoms with E-state index in [0.29, 0.717) is 39.7 Å². The Bertz CT molecular complexity index is 1740. The summed E-state index contributed by atoms with van der Waals surface area (Å²) in [6, 6.07) is 19.4. The van der Waals surface area contributed by atoms with Gasteiger partial charge in [0.15, 0.2) is 28.7 Å². The number of hydrogen-bond acceptors (Lipinski definition) is 7. The largest absolute Gasteiger partial charge is 0.493 e. The lowest BCUT2D eigenvalue weighted by Gasteiger charge is -2.13. The number of alkyl halides is 3. The van der Waals surface area contributed by atoms with Crippen LogP contribution < -0.4 is 18.9 Å². The van der Waals surface area contributed by atoms with Crippen LogP contribution in [0.25, 0.3) is 39.7 Å². The number of methoxy groups -OCH3 is 4. The average Bonchev–Trinajstić information content (AvgIpc) is 3.36. The molecule has 12 heteroatoms. The Morgan fingerprint density at radius 2 is 1.24 bits per heavy atom. The molecule has 0 aliphatic rings. The molecule has 42 heavy (non-hydrogen) atoms. The van der Waals surface area contributed by atoms with E-state index in [4.69, 9.17) is 30.5 Å². The minimum absolute atomic E-state index is 0.0606. The monoisotopic (exact) mass is 596 g/mol. The summed E-state index contributed by atoms with van der Waals surface area (Å²) in [4.78, 5) is 8.37. The zero-order valence-corrected chi connectivity index (χ0v) is 23.6. The van der Waals surface area contributed by atoms with E-state index >= 15 is 0 Å². The van der Waals surface area contributed by atoms with Crippen molar-refractivity contribution in [2.75, 3.05) is 28.4 Å². The normalized spacial score (nSPS) is 11.3. The number of halogens is 4. The lowest BCUT2D eigenvalue weighted by Crippen LogP contribution is -2.14. The van der Waals surface area contributed by atoms with E-state index < -0.39 is 11.9 Å². The lowest BCUT2D eigenvalue weighted by atomic mass is 10.1. The van der Waals surface area contributed by atoms with Crippen LogP contribution in [0.5, 0.6) is 23.0 Å². The van der Waals surface area contributed by atoms with Crippen molar-refractivity contribution >= 4 is 11.6 Å². The second kappa shape index (κ2) is 11.6. The molecule has 0 unspecified atom stereocenters. The summed E-state index contributed by atoms with van der Waals surface area (Å²) in [6.45, 7) is 0. The van der Waals surface area contributed by atoms with Gasteiger partial charge in [0.05, 0.1) is 44.8 Å². The molecular formula is C30H24ClF3N4O4. The molecule has 8 nitrogen and oxygen atoms in total. The molecule has 0 bridgehead atoms. The van der Waals surface area contributed by atoms with E-state index in [9.17, 15) is 13.2 Å². The van der Waals surface area contributed by atoms with Crippen LogP contribution in [0.2, 0.25) is 5.02 Å². The van der Waals surface area contributed by atoms with Gasteiger partial charge in [0.2, 0.25) is 0 Å². The second-order valence-corrected chi connectivity index (χ2v) is 9.24. The van der Waals surface area contributed by atoms with Gasteiger partial charge in [-0.05, 0) is 42.5 Å². The Balaban J connectivity index is 1.81. The molecule has 0 amide bonds. The van der Waals surface area contributed by atoms with Crippen molar-refractivity contribution in [2.45, 2.75) is 6.18 Å². The van der Waals surface area contributed by atoms with Crippen LogP contribution >= 0.6 is 11.6 Å². The van der Waals surface area contributed by atoms with Gasteiger partial charge in [0.1, 0.15) is 5.69 Å². The van der Waals surface area contributed by atoms with E-state index in [2.05, 4.69) is 15.1 Å². The highest BCUT2D eigenvalue weighted by Crippen LogP contribution is 2.42. The van der Waals surface area contributed by atoms with Gasteiger partial charge in [0.25, 0.3) is 5.95 Å². The number of aromatic nitrogens is 4. The van der Waals surface area contributed by atoms with Gasteiger partial charge < -0.3 is 18.9 Å². The highest BCUT2D eigenvalue weighted by molar-refractivity contribution is 6.35. The first-order valence-electron chi connectivity index (χ1n) is 12.4. The highest BCUT2D eigenvalue weighted by atomic mass is 35.5. The summed E-state index contributed by atoms with van der Waals surface area (Å²) in [5, 5.41) is 4.77. The smallest absolute Gasteiger partial charge is 0.433 e. The van der Waals surface area contributed by atoms with Crippen molar-refractivity contribution in [3.63, 3.8) is 0 Å². The van der Waals surface area contributed by atoms with Crippen LogP contribution in [0, 0.1) is 0 Å². The van der Waals surface area contributed by atoms with Gasteiger partial charge in [-0.2, -0.15) is 23.0 Å². The number of ether oxygens (including phenoxy) is 4. The minimum atomic E-state index is -4.76. The quantitative estimate of drug-likeness (QED) is 0.185. The Kier molecular flexibility index (Phi) is 7.95. The number of hydrogen-bond donors (Lipinski definition) is 0. The molecule has 2 heterocycles. The van der Waals surface area contributed by atoms with Gasteiger partial charge in [-0.15, -0.1) is 0 Å². The van der Waals surface area contributed by atoms with Gasteiger partial charge in [-0.1, -0.05) is 41.9 Å². The van der Waals surface area contributed by atoms with Crippen molar-refractivity contribution in [3.8, 4) is 62.7 Å². The summed E-state index contributed by atoms with van der Waals surface area (Å²) in [5.41, 5.74) is 0.880. The van der Waals surface area contributed by atoms with Crippen LogP contribution in [0.3, 0.4) is 0 Å². The molecule has 0 N–H and O–H groups in total. The van der Waals surface area contributed by atoms with Crippen LogP contribution in [0.4, 0.5) is 13.2 Å². The van der Waals surface area contributed by atoms with Crippen molar-refractivity contribution < 1.29 is 32.1 Å². The summed E-state index contributed by atoms with van der Waals surface area (Å²) in [6.07, 6.45) is -4.76. The molecule has 3 aromatic carbocycles. The first-order valence-corrected chi connectivity index (χ1v) is 12.8. The predicted molar refractivity (Wildman–Crippen MR) is 152 cm³/mol. The van der Waals surface area contributed by atoms with Gasteiger partial charge in [-0.3, -0.25) is 0 Å². The van der Waals surface area contributed by atoms with E-state index in [-0.39, 0.29) is 28.1 Å². The molecule has 0 aliphatic heterocycles. The van der Waals surface area contributed by atoms with E-state index in [1.165, 1.54) is 33.1 Å². The molecule has 5 rings (SSSR count). The molecule has 0 atom stereocenters. The maximum absolute atomic E-state index is 14.1. The summed E-state index contributed by atoms with van der Waals surface area (Å²) < 4.78 is 65.0. The Morgan fingerprint density at radius 3 is 1.81 bits per heavy atom. The minimum Gasteiger partial charge on any atom is -0.493 e. The SMILES string of the molecule is COc1ccc(-c2nn(-c3nc(-c4ccccc4)cc(C(F)(F)F)n3)c(-c3ccc(OC)c(OC)c3)c2Cl)cc1OC. The third-order valence-electron chi connectivity index (χ3n) is 6.41. The second-order valence-electron chi connectivity index (χ2n) is 8.86. The molecule has 0 fully saturated rings. The van der Waals surface area contributed by atoms with Crippen LogP contribution in [-0.2, 0) is 6.18 Å². The predicted octanol–water partition coefficient (Wildman–Crippen LogP) is 7.37. The highest BCUT2D eigenvalue weighted by Gasteiger charge is 2.35. The maximum Gasteiger partial charge on any atom is 0.433 e. The van der Waals surface area contributed by atoms with Crippen LogP contribution in [0.15, 0.2) is 72.8 Å². The lowest BCUT2D eigenvalue weighted by molar-refractivity contribution is -0.141. The first kappa shape index (κ1) is 28.7. The van der Waals surface area contributed by atoms with Crippen molar-refractivity contribution in [3.05, 3.63) is 83.5 Å². The van der Waals surface area contributed by atoms with Crippen molar-refractivity contribution in [1.29, 1.82) is 0 Å². The molecule has 0 radical (unpaired) electrons. The Labute approximate surface area is 244 Å². The Morgan fingerprint density at radius 1 is 0.667 bits per heavy atom. The van der Waals surface area contributed by atoms with Crippen LogP contribution in [-0.4, -0.2) is 48.2 Å². The molecule has 216 valence electrons. The third kappa shape index (κ3) is 5.42.